The van der Waals surface area contributed by atoms with Crippen LogP contribution in [0.2, 0.25) is 0 Å². The van der Waals surface area contributed by atoms with Gasteiger partial charge < -0.3 is 4.57 Å². The highest BCUT2D eigenvalue weighted by atomic mass is 19.1. The van der Waals surface area contributed by atoms with Crippen LogP contribution in [0.5, 0.6) is 0 Å². The van der Waals surface area contributed by atoms with Gasteiger partial charge in [-0.3, -0.25) is 4.99 Å². The molecule has 124 valence electrons. The standard InChI is InChI=1S/C20H15F2N3/c21-15-3-1-4-16(22)18(15)19-20(25-8-2-5-17(25)24-19)12-6-7-13-10-23-11-14(13)9-12/h1,3-4,6-7,9,11H,2,5,8,10H2. The van der Waals surface area contributed by atoms with Crippen molar-refractivity contribution in [3.8, 4) is 22.5 Å². The summed E-state index contributed by atoms with van der Waals surface area (Å²) in [5, 5.41) is 0. The highest BCUT2D eigenvalue weighted by molar-refractivity contribution is 5.88. The van der Waals surface area contributed by atoms with E-state index in [4.69, 9.17) is 0 Å². The smallest absolute Gasteiger partial charge is 0.135 e. The van der Waals surface area contributed by atoms with Crippen LogP contribution in [0.15, 0.2) is 41.4 Å². The number of benzene rings is 2. The molecule has 0 amide bonds. The number of rotatable bonds is 2. The minimum Gasteiger partial charge on any atom is -0.327 e. The minimum absolute atomic E-state index is 0.0476. The Labute approximate surface area is 143 Å². The Morgan fingerprint density at radius 2 is 1.88 bits per heavy atom. The SMILES string of the molecule is Fc1cccc(F)c1-c1nc2n(c1-c1ccc3c(c1)C=NC3)CCC2. The normalized spacial score (nSPS) is 14.8. The number of nitrogens with zero attached hydrogens (tertiary/aromatic N) is 3. The number of aliphatic imine (C=N–C) groups is 1. The maximum atomic E-state index is 14.4. The Morgan fingerprint density at radius 3 is 2.72 bits per heavy atom. The summed E-state index contributed by atoms with van der Waals surface area (Å²) in [6.45, 7) is 1.51. The predicted molar refractivity (Wildman–Crippen MR) is 92.6 cm³/mol. The fraction of sp³-hybridized carbons (Fsp3) is 0.200. The van der Waals surface area contributed by atoms with Gasteiger partial charge in [-0.2, -0.15) is 0 Å². The molecule has 2 aliphatic rings. The van der Waals surface area contributed by atoms with E-state index in [1.165, 1.54) is 23.8 Å². The molecule has 0 atom stereocenters. The zero-order chi connectivity index (χ0) is 17.0. The molecule has 3 aromatic rings. The van der Waals surface area contributed by atoms with Crippen molar-refractivity contribution in [2.24, 2.45) is 4.99 Å². The van der Waals surface area contributed by atoms with Gasteiger partial charge in [-0.15, -0.1) is 0 Å². The maximum absolute atomic E-state index is 14.4. The third-order valence-corrected chi connectivity index (χ3v) is 4.94. The molecule has 0 radical (unpaired) electrons. The van der Waals surface area contributed by atoms with Gasteiger partial charge in [0.05, 0.1) is 17.8 Å². The molecule has 0 saturated heterocycles. The van der Waals surface area contributed by atoms with Crippen molar-refractivity contribution in [2.75, 3.05) is 0 Å². The number of aryl methyl sites for hydroxylation is 1. The first-order valence-corrected chi connectivity index (χ1v) is 8.39. The molecule has 2 aliphatic heterocycles. The van der Waals surface area contributed by atoms with Gasteiger partial charge in [-0.25, -0.2) is 13.8 Å². The summed E-state index contributed by atoms with van der Waals surface area (Å²) >= 11 is 0. The van der Waals surface area contributed by atoms with E-state index in [1.54, 1.807) is 0 Å². The zero-order valence-electron chi connectivity index (χ0n) is 13.5. The molecule has 3 nitrogen and oxygen atoms in total. The van der Waals surface area contributed by atoms with E-state index in [2.05, 4.69) is 14.5 Å². The molecule has 0 spiro atoms. The van der Waals surface area contributed by atoms with Gasteiger partial charge in [0.25, 0.3) is 0 Å². The number of aromatic nitrogens is 2. The lowest BCUT2D eigenvalue weighted by atomic mass is 10.00. The maximum Gasteiger partial charge on any atom is 0.135 e. The molecule has 5 rings (SSSR count). The summed E-state index contributed by atoms with van der Waals surface area (Å²) in [4.78, 5) is 8.89. The molecule has 0 unspecified atom stereocenters. The first-order valence-electron chi connectivity index (χ1n) is 8.39. The zero-order valence-corrected chi connectivity index (χ0v) is 13.5. The molecule has 0 bridgehead atoms. The van der Waals surface area contributed by atoms with Crippen molar-refractivity contribution in [3.63, 3.8) is 0 Å². The molecule has 0 N–H and O–H groups in total. The summed E-state index contributed by atoms with van der Waals surface area (Å²) in [6.07, 6.45) is 3.68. The van der Waals surface area contributed by atoms with Gasteiger partial charge in [-0.05, 0) is 35.7 Å². The van der Waals surface area contributed by atoms with E-state index >= 15 is 0 Å². The summed E-state index contributed by atoms with van der Waals surface area (Å²) in [7, 11) is 0. The van der Waals surface area contributed by atoms with Crippen molar-refractivity contribution in [2.45, 2.75) is 25.9 Å². The molecular formula is C20H15F2N3. The highest BCUT2D eigenvalue weighted by Crippen LogP contribution is 2.38. The number of hydrogen-bond acceptors (Lipinski definition) is 2. The average molecular weight is 335 g/mol. The van der Waals surface area contributed by atoms with E-state index in [-0.39, 0.29) is 5.56 Å². The number of hydrogen-bond donors (Lipinski definition) is 0. The second kappa shape index (κ2) is 5.34. The molecule has 3 heterocycles. The van der Waals surface area contributed by atoms with E-state index in [1.807, 2.05) is 24.4 Å². The first-order chi connectivity index (χ1) is 12.2. The first kappa shape index (κ1) is 14.5. The van der Waals surface area contributed by atoms with Gasteiger partial charge >= 0.3 is 0 Å². The number of imidazole rings is 1. The lowest BCUT2D eigenvalue weighted by molar-refractivity contribution is 0.588. The summed E-state index contributed by atoms with van der Waals surface area (Å²) < 4.78 is 30.9. The third kappa shape index (κ3) is 2.15. The Bertz CT molecular complexity index is 1010. The van der Waals surface area contributed by atoms with Crippen LogP contribution in [0, 0.1) is 11.6 Å². The van der Waals surface area contributed by atoms with Crippen LogP contribution in [0.1, 0.15) is 23.4 Å². The van der Waals surface area contributed by atoms with Gasteiger partial charge in [0.15, 0.2) is 0 Å². The monoisotopic (exact) mass is 335 g/mol. The van der Waals surface area contributed by atoms with Crippen LogP contribution in [0.4, 0.5) is 8.78 Å². The largest absolute Gasteiger partial charge is 0.327 e. The lowest BCUT2D eigenvalue weighted by Crippen LogP contribution is -1.99. The molecule has 25 heavy (non-hydrogen) atoms. The van der Waals surface area contributed by atoms with E-state index in [0.717, 1.165) is 42.0 Å². The quantitative estimate of drug-likeness (QED) is 0.684. The van der Waals surface area contributed by atoms with E-state index in [9.17, 15) is 8.78 Å². The van der Waals surface area contributed by atoms with Crippen molar-refractivity contribution in [3.05, 3.63) is 65.0 Å². The van der Waals surface area contributed by atoms with Crippen LogP contribution in [0.25, 0.3) is 22.5 Å². The fourth-order valence-corrected chi connectivity index (χ4v) is 3.77. The molecular weight excluding hydrogens is 320 g/mol. The summed E-state index contributed by atoms with van der Waals surface area (Å²) in [5.41, 5.74) is 4.29. The molecule has 0 aliphatic carbocycles. The van der Waals surface area contributed by atoms with Crippen LogP contribution >= 0.6 is 0 Å². The van der Waals surface area contributed by atoms with Crippen molar-refractivity contribution < 1.29 is 8.78 Å². The van der Waals surface area contributed by atoms with Gasteiger partial charge in [-0.1, -0.05) is 18.2 Å². The van der Waals surface area contributed by atoms with Crippen LogP contribution < -0.4 is 0 Å². The van der Waals surface area contributed by atoms with Crippen molar-refractivity contribution in [1.82, 2.24) is 9.55 Å². The Hall–Kier alpha value is -2.82. The molecule has 0 saturated carbocycles. The lowest BCUT2D eigenvalue weighted by Gasteiger charge is -2.11. The number of fused-ring (bicyclic) bond motifs is 2. The molecule has 2 aromatic carbocycles. The van der Waals surface area contributed by atoms with E-state index in [0.29, 0.717) is 12.2 Å². The molecule has 1 aromatic heterocycles. The Kier molecular flexibility index (Phi) is 3.10. The van der Waals surface area contributed by atoms with Crippen molar-refractivity contribution >= 4 is 6.21 Å². The second-order valence-electron chi connectivity index (χ2n) is 6.46. The Balaban J connectivity index is 1.78. The average Bonchev–Trinajstić information content (AvgIpc) is 3.29. The fourth-order valence-electron chi connectivity index (χ4n) is 3.77. The van der Waals surface area contributed by atoms with Crippen molar-refractivity contribution in [1.29, 1.82) is 0 Å². The van der Waals surface area contributed by atoms with Crippen LogP contribution in [-0.2, 0) is 19.5 Å². The minimum atomic E-state index is -0.583. The van der Waals surface area contributed by atoms with Gasteiger partial charge in [0, 0.05) is 24.7 Å². The van der Waals surface area contributed by atoms with Crippen LogP contribution in [0.3, 0.4) is 0 Å². The highest BCUT2D eigenvalue weighted by Gasteiger charge is 2.27. The summed E-state index contributed by atoms with van der Waals surface area (Å²) in [5.74, 6) is -0.275. The molecule has 5 heteroatoms. The Morgan fingerprint density at radius 1 is 1.04 bits per heavy atom. The van der Waals surface area contributed by atoms with Crippen LogP contribution in [-0.4, -0.2) is 15.8 Å². The summed E-state index contributed by atoms with van der Waals surface area (Å²) in [6, 6.07) is 10.0. The second-order valence-corrected chi connectivity index (χ2v) is 6.46. The van der Waals surface area contributed by atoms with Gasteiger partial charge in [0.1, 0.15) is 23.2 Å². The molecule has 0 fully saturated rings. The topological polar surface area (TPSA) is 30.2 Å². The van der Waals surface area contributed by atoms with Gasteiger partial charge in [0.2, 0.25) is 0 Å². The number of halogens is 2. The van der Waals surface area contributed by atoms with E-state index < -0.39 is 11.6 Å². The predicted octanol–water partition coefficient (Wildman–Crippen LogP) is 4.37. The third-order valence-electron chi connectivity index (χ3n) is 4.94.